The molecule has 446 valence electrons. The van der Waals surface area contributed by atoms with Crippen LogP contribution >= 0.6 is 11.8 Å². The molecule has 29 heteroatoms. The van der Waals surface area contributed by atoms with Crippen LogP contribution in [-0.4, -0.2) is 200 Å². The zero-order chi connectivity index (χ0) is 57.4. The average Bonchev–Trinajstić information content (AvgIpc) is 3.37. The molecule has 0 aliphatic rings. The molecule has 0 aromatic rings. The number of ether oxygens (including phenoxy) is 9. The van der Waals surface area contributed by atoms with E-state index >= 15 is 0 Å². The van der Waals surface area contributed by atoms with Crippen molar-refractivity contribution in [2.75, 3.05) is 124 Å². The summed E-state index contributed by atoms with van der Waals surface area (Å²) < 4.78 is 53.6. The van der Waals surface area contributed by atoms with Crippen LogP contribution in [0.25, 0.3) is 0 Å². The molecule has 77 heavy (non-hydrogen) atoms. The molecule has 0 heterocycles. The van der Waals surface area contributed by atoms with E-state index in [0.717, 1.165) is 63.9 Å². The van der Waals surface area contributed by atoms with Gasteiger partial charge >= 0.3 is 36.6 Å². The molecule has 0 saturated carbocycles. The maximum absolute atomic E-state index is 12.6. The number of alkyl carbamates (subject to hydrolysis) is 6. The van der Waals surface area contributed by atoms with Gasteiger partial charge in [0.25, 0.3) is 0 Å². The van der Waals surface area contributed by atoms with Crippen molar-refractivity contribution in [3.05, 3.63) is 12.7 Å². The molecule has 0 bridgehead atoms. The maximum atomic E-state index is 12.6. The van der Waals surface area contributed by atoms with Crippen LogP contribution < -0.4 is 37.2 Å². The number of nitrogens with one attached hydrogen (secondary N) is 7. The van der Waals surface area contributed by atoms with E-state index < -0.39 is 59.3 Å². The van der Waals surface area contributed by atoms with Crippen molar-refractivity contribution < 1.29 is 85.1 Å². The SMILES string of the molecule is C=CC(=O)NCCOC(=O)NCCCCCCNC(=O)OCOC[Si](C)(C)O[Si](C)(C)COCOC(=O)NCCCCCCNC(=O)OC(COC(=O)NCCCCCCNC(=O)OCOCC)CSCCC(=O)N(C)C. The van der Waals surface area contributed by atoms with Crippen LogP contribution in [0, 0.1) is 0 Å². The smallest absolute Gasteiger partial charge is 0.409 e. The number of unbranched alkanes of at least 4 members (excludes halogenated alkanes) is 9. The largest absolute Gasteiger partial charge is 0.453 e. The first kappa shape index (κ1) is 71.9. The van der Waals surface area contributed by atoms with Crippen molar-refractivity contribution in [3.63, 3.8) is 0 Å². The summed E-state index contributed by atoms with van der Waals surface area (Å²) in [6.07, 6.45) is 6.98. The number of rotatable bonds is 46. The molecule has 0 aliphatic carbocycles. The third-order valence-corrected chi connectivity index (χ3v) is 17.5. The Kier molecular flexibility index (Phi) is 43.9. The lowest BCUT2D eigenvalue weighted by Crippen LogP contribution is -2.50. The number of carbonyl (C=O) groups excluding carboxylic acids is 8. The summed E-state index contributed by atoms with van der Waals surface area (Å²) in [6.45, 7) is 15.6. The first-order chi connectivity index (χ1) is 36.8. The van der Waals surface area contributed by atoms with E-state index in [-0.39, 0.29) is 64.4 Å². The highest BCUT2D eigenvalue weighted by Gasteiger charge is 2.34. The Balaban J connectivity index is 4.17. The predicted octanol–water partition coefficient (Wildman–Crippen LogP) is 5.35. The van der Waals surface area contributed by atoms with Crippen LogP contribution in [0.3, 0.4) is 0 Å². The van der Waals surface area contributed by atoms with E-state index in [1.807, 2.05) is 26.2 Å². The van der Waals surface area contributed by atoms with Crippen LogP contribution in [0.4, 0.5) is 28.8 Å². The zero-order valence-electron chi connectivity index (χ0n) is 46.8. The standard InChI is InChI=1S/C48H92N8O18SSi2/c1-9-41(57)49-30-31-68-43(59)50-24-17-11-13-20-27-53-46(62)71-36-66-38-76(5,6)74-77(7,8)39-67-37-72-47(63)54-28-21-15-16-22-29-55-48(64)73-40(34-75-32-23-42(58)56(3)4)33-69-44(60)51-25-18-12-14-19-26-52-45(61)70-35-65-10-2/h9,40H,1,10-39H2,2-8H3,(H,49,57)(H,50,59)(H,51,60)(H,52,61)(H,53,62)(H,54,63)(H,55,64). The highest BCUT2D eigenvalue weighted by atomic mass is 32.2. The van der Waals surface area contributed by atoms with Crippen LogP contribution in [0.5, 0.6) is 0 Å². The molecule has 0 aromatic carbocycles. The van der Waals surface area contributed by atoms with Crippen molar-refractivity contribution in [2.24, 2.45) is 0 Å². The first-order valence-corrected chi connectivity index (χ1v) is 33.8. The maximum Gasteiger partial charge on any atom is 0.409 e. The molecule has 0 aromatic heterocycles. The molecule has 0 saturated heterocycles. The number of amides is 8. The van der Waals surface area contributed by atoms with Gasteiger partial charge in [-0.25, -0.2) is 28.8 Å². The van der Waals surface area contributed by atoms with Crippen LogP contribution in [0.1, 0.15) is 90.4 Å². The van der Waals surface area contributed by atoms with Gasteiger partial charge < -0.3 is 88.9 Å². The van der Waals surface area contributed by atoms with Gasteiger partial charge in [0.15, 0.2) is 37.0 Å². The van der Waals surface area contributed by atoms with Crippen molar-refractivity contribution in [3.8, 4) is 0 Å². The van der Waals surface area contributed by atoms with Gasteiger partial charge in [0.05, 0.1) is 19.0 Å². The van der Waals surface area contributed by atoms with Gasteiger partial charge in [-0.2, -0.15) is 11.8 Å². The Hall–Kier alpha value is -5.08. The number of carbonyl (C=O) groups is 8. The summed E-state index contributed by atoms with van der Waals surface area (Å²) in [5.41, 5.74) is 0. The van der Waals surface area contributed by atoms with Crippen molar-refractivity contribution in [1.82, 2.24) is 42.1 Å². The number of hydrogen-bond donors (Lipinski definition) is 7. The lowest BCUT2D eigenvalue weighted by molar-refractivity contribution is -0.128. The lowest BCUT2D eigenvalue weighted by atomic mass is 10.2. The van der Waals surface area contributed by atoms with E-state index in [1.54, 1.807) is 21.0 Å². The fourth-order valence-corrected chi connectivity index (χ4v) is 14.9. The van der Waals surface area contributed by atoms with E-state index in [2.05, 4.69) is 43.8 Å². The molecule has 26 nitrogen and oxygen atoms in total. The third-order valence-electron chi connectivity index (χ3n) is 10.2. The second kappa shape index (κ2) is 47.0. The first-order valence-electron chi connectivity index (χ1n) is 26.4. The number of thioether (sulfide) groups is 1. The van der Waals surface area contributed by atoms with Crippen molar-refractivity contribution >= 4 is 76.8 Å². The van der Waals surface area contributed by atoms with Crippen molar-refractivity contribution in [2.45, 2.75) is 123 Å². The number of nitrogens with zero attached hydrogens (tertiary/aromatic N) is 1. The van der Waals surface area contributed by atoms with Gasteiger partial charge in [-0.1, -0.05) is 45.1 Å². The summed E-state index contributed by atoms with van der Waals surface area (Å²) in [7, 11) is -1.30. The monoisotopic (exact) mass is 1160 g/mol. The molecule has 7 N–H and O–H groups in total. The molecule has 0 spiro atoms. The molecule has 8 amide bonds. The highest BCUT2D eigenvalue weighted by molar-refractivity contribution is 7.99. The summed E-state index contributed by atoms with van der Waals surface area (Å²) in [4.78, 5) is 97.0. The Morgan fingerprint density at radius 1 is 0.519 bits per heavy atom. The molecule has 0 fully saturated rings. The minimum atomic E-state index is -2.34. The summed E-state index contributed by atoms with van der Waals surface area (Å²) in [6, 6.07) is 0. The normalized spacial score (nSPS) is 11.5. The zero-order valence-corrected chi connectivity index (χ0v) is 49.6. The van der Waals surface area contributed by atoms with Gasteiger partial charge in [-0.05, 0) is 77.7 Å². The van der Waals surface area contributed by atoms with Gasteiger partial charge in [0.1, 0.15) is 19.3 Å². The van der Waals surface area contributed by atoms with E-state index in [1.165, 1.54) is 16.7 Å². The number of hydrogen-bond acceptors (Lipinski definition) is 19. The summed E-state index contributed by atoms with van der Waals surface area (Å²) >= 11 is 1.42. The molecular formula is C48H92N8O18SSi2. The Bertz CT molecular complexity index is 1680. The summed E-state index contributed by atoms with van der Waals surface area (Å²) in [5.74, 6) is 0.468. The molecule has 0 rings (SSSR count). The highest BCUT2D eigenvalue weighted by Crippen LogP contribution is 2.16. The van der Waals surface area contributed by atoms with Crippen LogP contribution in [0.2, 0.25) is 26.2 Å². The summed E-state index contributed by atoms with van der Waals surface area (Å²) in [5, 5.41) is 18.6. The average molecular weight is 1160 g/mol. The predicted molar refractivity (Wildman–Crippen MR) is 294 cm³/mol. The van der Waals surface area contributed by atoms with Crippen LogP contribution in [-0.2, 0) is 56.3 Å². The minimum absolute atomic E-state index is 0.0240. The quantitative estimate of drug-likeness (QED) is 0.0133. The van der Waals surface area contributed by atoms with Gasteiger partial charge in [0, 0.05) is 77.9 Å². The van der Waals surface area contributed by atoms with Crippen LogP contribution in [0.15, 0.2) is 12.7 Å². The topological polar surface area (TPSA) is 316 Å². The second-order valence-electron chi connectivity index (χ2n) is 18.6. The van der Waals surface area contributed by atoms with Gasteiger partial charge in [0.2, 0.25) is 11.8 Å². The van der Waals surface area contributed by atoms with E-state index in [0.29, 0.717) is 83.1 Å². The molecule has 1 atom stereocenters. The fourth-order valence-electron chi connectivity index (χ4n) is 6.43. The third kappa shape index (κ3) is 47.8. The van der Waals surface area contributed by atoms with Gasteiger partial charge in [-0.3, -0.25) is 9.59 Å². The van der Waals surface area contributed by atoms with Crippen molar-refractivity contribution in [1.29, 1.82) is 0 Å². The second-order valence-corrected chi connectivity index (χ2v) is 28.2. The van der Waals surface area contributed by atoms with E-state index in [4.69, 9.17) is 46.7 Å². The fraction of sp³-hybridized carbons (Fsp3) is 0.792. The molecule has 1 unspecified atom stereocenters. The Morgan fingerprint density at radius 3 is 1.31 bits per heavy atom. The molecule has 0 aliphatic heterocycles. The molecular weight excluding hydrogens is 1060 g/mol. The Morgan fingerprint density at radius 2 is 0.909 bits per heavy atom. The lowest BCUT2D eigenvalue weighted by Gasteiger charge is -2.33. The van der Waals surface area contributed by atoms with Gasteiger partial charge in [-0.15, -0.1) is 0 Å². The van der Waals surface area contributed by atoms with E-state index in [9.17, 15) is 38.4 Å². The Labute approximate surface area is 461 Å². The minimum Gasteiger partial charge on any atom is -0.453 e. The molecule has 0 radical (unpaired) electrons.